The van der Waals surface area contributed by atoms with E-state index in [1.165, 1.54) is 6.07 Å². The van der Waals surface area contributed by atoms with Crippen LogP contribution >= 0.6 is 23.4 Å². The molecule has 33 heavy (non-hydrogen) atoms. The molecule has 5 rings (SSSR count). The van der Waals surface area contributed by atoms with Gasteiger partial charge in [0.2, 0.25) is 0 Å². The molecule has 1 amide bonds. The molecule has 0 unspecified atom stereocenters. The number of rotatable bonds is 6. The lowest BCUT2D eigenvalue weighted by Crippen LogP contribution is -2.27. The van der Waals surface area contributed by atoms with Crippen LogP contribution in [-0.2, 0) is 12.3 Å². The van der Waals surface area contributed by atoms with Gasteiger partial charge >= 0.3 is 0 Å². The second-order valence-electron chi connectivity index (χ2n) is 8.01. The molecule has 3 heterocycles. The van der Waals surface area contributed by atoms with Crippen LogP contribution in [0.1, 0.15) is 34.3 Å². The zero-order valence-corrected chi connectivity index (χ0v) is 19.4. The Morgan fingerprint density at radius 1 is 1.06 bits per heavy atom. The van der Waals surface area contributed by atoms with Gasteiger partial charge < -0.3 is 4.90 Å². The molecule has 2 aromatic heterocycles. The van der Waals surface area contributed by atoms with Crippen LogP contribution in [0.4, 0.5) is 4.39 Å². The summed E-state index contributed by atoms with van der Waals surface area (Å²) in [6.45, 7) is 1.92. The molecule has 2 aromatic carbocycles. The van der Waals surface area contributed by atoms with Gasteiger partial charge in [0.25, 0.3) is 5.91 Å². The van der Waals surface area contributed by atoms with Gasteiger partial charge in [0.1, 0.15) is 11.3 Å². The van der Waals surface area contributed by atoms with Crippen LogP contribution in [0.25, 0.3) is 11.2 Å². The molecule has 0 bridgehead atoms. The van der Waals surface area contributed by atoms with Crippen LogP contribution in [0.3, 0.4) is 0 Å². The monoisotopic (exact) mass is 480 g/mol. The molecule has 0 atom stereocenters. The minimum atomic E-state index is -0.352. The maximum atomic E-state index is 14.5. The number of carbonyl (C=O) groups excluding carboxylic acids is 1. The molecule has 168 valence electrons. The van der Waals surface area contributed by atoms with E-state index in [2.05, 4.69) is 4.98 Å². The first-order valence-corrected chi connectivity index (χ1v) is 12.2. The summed E-state index contributed by atoms with van der Waals surface area (Å²) in [6.07, 6.45) is 3.86. The lowest BCUT2D eigenvalue weighted by Gasteiger charge is -2.15. The number of pyridine rings is 1. The fourth-order valence-corrected chi connectivity index (χ4v) is 5.21. The average molecular weight is 481 g/mol. The number of hydrogen-bond donors (Lipinski definition) is 0. The molecule has 0 N–H and O–H groups in total. The lowest BCUT2D eigenvalue weighted by atomic mass is 10.1. The Hall–Kier alpha value is -2.90. The molecule has 8 heteroatoms. The molecule has 0 radical (unpaired) electrons. The van der Waals surface area contributed by atoms with Gasteiger partial charge in [0, 0.05) is 41.2 Å². The van der Waals surface area contributed by atoms with Crippen molar-refractivity contribution in [2.45, 2.75) is 30.3 Å². The van der Waals surface area contributed by atoms with E-state index in [0.29, 0.717) is 22.0 Å². The number of thioether (sulfide) groups is 1. The highest BCUT2D eigenvalue weighted by Gasteiger charge is 2.20. The Balaban J connectivity index is 1.37. The number of amides is 1. The standard InChI is InChI=1S/C25H22ClFN4OS/c26-20-5-3-6-21(27)19(20)15-31-23-22(7-4-12-28-23)29-25(31)33-16-17-8-10-18(11-9-17)24(32)30-13-1-2-14-30/h3-12H,1-2,13-16H2. The summed E-state index contributed by atoms with van der Waals surface area (Å²) < 4.78 is 16.4. The first kappa shape index (κ1) is 21.9. The van der Waals surface area contributed by atoms with Gasteiger partial charge in [-0.1, -0.05) is 41.6 Å². The number of nitrogens with zero attached hydrogens (tertiary/aromatic N) is 4. The van der Waals surface area contributed by atoms with E-state index in [1.807, 2.05) is 45.9 Å². The highest BCUT2D eigenvalue weighted by molar-refractivity contribution is 7.98. The summed E-state index contributed by atoms with van der Waals surface area (Å²) in [7, 11) is 0. The maximum Gasteiger partial charge on any atom is 0.253 e. The minimum Gasteiger partial charge on any atom is -0.339 e. The van der Waals surface area contributed by atoms with Crippen molar-refractivity contribution < 1.29 is 9.18 Å². The van der Waals surface area contributed by atoms with Crippen LogP contribution in [-0.4, -0.2) is 38.4 Å². The summed E-state index contributed by atoms with van der Waals surface area (Å²) in [5.74, 6) is 0.405. The van der Waals surface area contributed by atoms with Gasteiger partial charge in [-0.3, -0.25) is 9.36 Å². The lowest BCUT2D eigenvalue weighted by molar-refractivity contribution is 0.0793. The average Bonchev–Trinajstić information content (AvgIpc) is 3.48. The fraction of sp³-hybridized carbons (Fsp3) is 0.240. The molecule has 1 fully saturated rings. The molecular weight excluding hydrogens is 459 g/mol. The predicted octanol–water partition coefficient (Wildman–Crippen LogP) is 5.80. The van der Waals surface area contributed by atoms with Crippen molar-refractivity contribution in [2.75, 3.05) is 13.1 Å². The summed E-state index contributed by atoms with van der Waals surface area (Å²) in [4.78, 5) is 23.7. The third kappa shape index (κ3) is 4.61. The van der Waals surface area contributed by atoms with Crippen molar-refractivity contribution in [1.29, 1.82) is 0 Å². The van der Waals surface area contributed by atoms with Gasteiger partial charge in [0.05, 0.1) is 6.54 Å². The normalized spacial score (nSPS) is 13.7. The third-order valence-electron chi connectivity index (χ3n) is 5.81. The van der Waals surface area contributed by atoms with Crippen molar-refractivity contribution in [3.05, 3.63) is 88.3 Å². The summed E-state index contributed by atoms with van der Waals surface area (Å²) in [6, 6.07) is 16.2. The quantitative estimate of drug-likeness (QED) is 0.327. The van der Waals surface area contributed by atoms with Gasteiger partial charge in [0.15, 0.2) is 10.8 Å². The molecule has 0 saturated carbocycles. The highest BCUT2D eigenvalue weighted by Crippen LogP contribution is 2.29. The number of benzene rings is 2. The zero-order chi connectivity index (χ0) is 22.8. The number of likely N-dealkylation sites (tertiary alicyclic amines) is 1. The fourth-order valence-electron chi connectivity index (χ4n) is 4.03. The smallest absolute Gasteiger partial charge is 0.253 e. The molecule has 4 aromatic rings. The topological polar surface area (TPSA) is 51.0 Å². The van der Waals surface area contributed by atoms with E-state index < -0.39 is 0 Å². The summed E-state index contributed by atoms with van der Waals surface area (Å²) in [5, 5.41) is 1.11. The Bertz CT molecular complexity index is 1280. The molecule has 0 aliphatic carbocycles. The predicted molar refractivity (Wildman–Crippen MR) is 129 cm³/mol. The Morgan fingerprint density at radius 3 is 2.61 bits per heavy atom. The molecule has 1 aliphatic rings. The van der Waals surface area contributed by atoms with Gasteiger partial charge in [-0.25, -0.2) is 14.4 Å². The van der Waals surface area contributed by atoms with Crippen molar-refractivity contribution in [3.8, 4) is 0 Å². The molecule has 1 aliphatic heterocycles. The van der Waals surface area contributed by atoms with E-state index in [4.69, 9.17) is 16.6 Å². The molecule has 1 saturated heterocycles. The van der Waals surface area contributed by atoms with Crippen LogP contribution in [0.5, 0.6) is 0 Å². The van der Waals surface area contributed by atoms with E-state index in [1.54, 1.807) is 30.1 Å². The summed E-state index contributed by atoms with van der Waals surface area (Å²) >= 11 is 7.83. The first-order chi connectivity index (χ1) is 16.1. The van der Waals surface area contributed by atoms with Gasteiger partial charge in [-0.2, -0.15) is 0 Å². The molecule has 5 nitrogen and oxygen atoms in total. The SMILES string of the molecule is O=C(c1ccc(CSc2nc3cccnc3n2Cc2c(F)cccc2Cl)cc1)N1CCCC1. The third-order valence-corrected chi connectivity index (χ3v) is 7.21. The number of hydrogen-bond acceptors (Lipinski definition) is 4. The largest absolute Gasteiger partial charge is 0.339 e. The zero-order valence-electron chi connectivity index (χ0n) is 17.9. The van der Waals surface area contributed by atoms with Crippen LogP contribution in [0.2, 0.25) is 5.02 Å². The van der Waals surface area contributed by atoms with Crippen molar-refractivity contribution in [2.24, 2.45) is 0 Å². The van der Waals surface area contributed by atoms with Crippen LogP contribution in [0.15, 0.2) is 66.0 Å². The Kier molecular flexibility index (Phi) is 6.33. The van der Waals surface area contributed by atoms with E-state index in [-0.39, 0.29) is 18.3 Å². The van der Waals surface area contributed by atoms with Crippen molar-refractivity contribution >= 4 is 40.4 Å². The first-order valence-electron chi connectivity index (χ1n) is 10.9. The maximum absolute atomic E-state index is 14.5. The number of aromatic nitrogens is 3. The van der Waals surface area contributed by atoms with E-state index >= 15 is 0 Å². The summed E-state index contributed by atoms with van der Waals surface area (Å²) in [5.41, 5.74) is 3.64. The second kappa shape index (κ2) is 9.53. The van der Waals surface area contributed by atoms with E-state index in [0.717, 1.165) is 47.7 Å². The van der Waals surface area contributed by atoms with Crippen molar-refractivity contribution in [1.82, 2.24) is 19.4 Å². The molecule has 0 spiro atoms. The van der Waals surface area contributed by atoms with Crippen LogP contribution in [0, 0.1) is 5.82 Å². The minimum absolute atomic E-state index is 0.0985. The number of halogens is 2. The van der Waals surface area contributed by atoms with Gasteiger partial charge in [-0.05, 0) is 54.8 Å². The van der Waals surface area contributed by atoms with E-state index in [9.17, 15) is 9.18 Å². The van der Waals surface area contributed by atoms with Crippen LogP contribution < -0.4 is 0 Å². The number of carbonyl (C=O) groups is 1. The Labute approximate surface area is 200 Å². The Morgan fingerprint density at radius 2 is 1.85 bits per heavy atom. The second-order valence-corrected chi connectivity index (χ2v) is 9.36. The van der Waals surface area contributed by atoms with Crippen molar-refractivity contribution in [3.63, 3.8) is 0 Å². The number of fused-ring (bicyclic) bond motifs is 1. The highest BCUT2D eigenvalue weighted by atomic mass is 35.5. The van der Waals surface area contributed by atoms with Gasteiger partial charge in [-0.15, -0.1) is 0 Å². The molecular formula is C25H22ClFN4OS. The number of imidazole rings is 1.